The molecule has 0 radical (unpaired) electrons. The molecule has 5 heteroatoms. The van der Waals surface area contributed by atoms with Crippen molar-refractivity contribution in [3.63, 3.8) is 0 Å². The van der Waals surface area contributed by atoms with E-state index in [1.807, 2.05) is 6.92 Å². The van der Waals surface area contributed by atoms with Crippen LogP contribution in [-0.2, 0) is 4.74 Å². The minimum absolute atomic E-state index is 0.0707. The van der Waals surface area contributed by atoms with Gasteiger partial charge in [-0.2, -0.15) is 0 Å². The lowest BCUT2D eigenvalue weighted by molar-refractivity contribution is 0.0539. The Labute approximate surface area is 107 Å². The number of anilines is 1. The van der Waals surface area contributed by atoms with Gasteiger partial charge >= 0.3 is 0 Å². The molecule has 1 unspecified atom stereocenters. The van der Waals surface area contributed by atoms with E-state index in [2.05, 4.69) is 4.98 Å². The van der Waals surface area contributed by atoms with Crippen LogP contribution >= 0.6 is 0 Å². The predicted molar refractivity (Wildman–Crippen MR) is 69.2 cm³/mol. The highest BCUT2D eigenvalue weighted by atomic mass is 16.5. The molecule has 1 aliphatic heterocycles. The van der Waals surface area contributed by atoms with Crippen LogP contribution in [0.2, 0.25) is 0 Å². The molecule has 0 bridgehead atoms. The molecular weight excluding hydrogens is 230 g/mol. The number of rotatable bonds is 4. The third-order valence-electron chi connectivity index (χ3n) is 3.20. The minimum Gasteiger partial charge on any atom is -0.398 e. The summed E-state index contributed by atoms with van der Waals surface area (Å²) in [5.41, 5.74) is 6.75. The summed E-state index contributed by atoms with van der Waals surface area (Å²) >= 11 is 0. The van der Waals surface area contributed by atoms with Gasteiger partial charge in [-0.25, -0.2) is 0 Å². The van der Waals surface area contributed by atoms with Crippen molar-refractivity contribution >= 4 is 11.6 Å². The van der Waals surface area contributed by atoms with Crippen LogP contribution in [0.4, 0.5) is 5.69 Å². The molecular formula is C13H19N3O2. The molecule has 0 spiro atoms. The Morgan fingerprint density at radius 3 is 3.11 bits per heavy atom. The highest BCUT2D eigenvalue weighted by Gasteiger charge is 2.23. The van der Waals surface area contributed by atoms with Crippen molar-refractivity contribution in [2.45, 2.75) is 25.9 Å². The van der Waals surface area contributed by atoms with E-state index < -0.39 is 0 Å². The normalized spacial score (nSPS) is 18.8. The summed E-state index contributed by atoms with van der Waals surface area (Å²) in [5, 5.41) is 0. The molecule has 1 amide bonds. The Kier molecular flexibility index (Phi) is 4.15. The third-order valence-corrected chi connectivity index (χ3v) is 3.20. The molecule has 1 atom stereocenters. The molecule has 2 heterocycles. The van der Waals surface area contributed by atoms with Gasteiger partial charge in [0.25, 0.3) is 5.91 Å². The first-order valence-corrected chi connectivity index (χ1v) is 6.32. The quantitative estimate of drug-likeness (QED) is 0.873. The maximum absolute atomic E-state index is 12.3. The van der Waals surface area contributed by atoms with Gasteiger partial charge in [-0.05, 0) is 25.8 Å². The van der Waals surface area contributed by atoms with Crippen molar-refractivity contribution in [1.29, 1.82) is 0 Å². The highest BCUT2D eigenvalue weighted by Crippen LogP contribution is 2.16. The number of amides is 1. The van der Waals surface area contributed by atoms with Crippen molar-refractivity contribution in [3.8, 4) is 0 Å². The molecule has 1 aliphatic rings. The van der Waals surface area contributed by atoms with E-state index in [1.54, 1.807) is 17.2 Å². The molecule has 2 N–H and O–H groups in total. The van der Waals surface area contributed by atoms with E-state index in [9.17, 15) is 4.79 Å². The number of nitrogen functional groups attached to an aromatic ring is 1. The van der Waals surface area contributed by atoms with Crippen LogP contribution in [0.3, 0.4) is 0 Å². The van der Waals surface area contributed by atoms with Gasteiger partial charge in [0.2, 0.25) is 0 Å². The van der Waals surface area contributed by atoms with Crippen LogP contribution in [0.25, 0.3) is 0 Å². The van der Waals surface area contributed by atoms with Crippen LogP contribution in [0.1, 0.15) is 30.1 Å². The number of carbonyl (C=O) groups is 1. The molecule has 98 valence electrons. The zero-order valence-electron chi connectivity index (χ0n) is 10.6. The zero-order chi connectivity index (χ0) is 13.0. The Morgan fingerprint density at radius 2 is 2.50 bits per heavy atom. The lowest BCUT2D eigenvalue weighted by Crippen LogP contribution is -2.37. The van der Waals surface area contributed by atoms with Crippen molar-refractivity contribution in [2.75, 3.05) is 25.4 Å². The van der Waals surface area contributed by atoms with E-state index in [1.165, 1.54) is 6.20 Å². The number of likely N-dealkylation sites (N-methyl/N-ethyl adjacent to an activating group) is 1. The van der Waals surface area contributed by atoms with Crippen LogP contribution in [0.15, 0.2) is 18.5 Å². The summed E-state index contributed by atoms with van der Waals surface area (Å²) in [5.74, 6) is -0.0707. The molecule has 18 heavy (non-hydrogen) atoms. The van der Waals surface area contributed by atoms with E-state index in [4.69, 9.17) is 10.5 Å². The summed E-state index contributed by atoms with van der Waals surface area (Å²) in [6.45, 7) is 4.03. The van der Waals surface area contributed by atoms with E-state index >= 15 is 0 Å². The molecule has 1 fully saturated rings. The summed E-state index contributed by atoms with van der Waals surface area (Å²) < 4.78 is 5.56. The second kappa shape index (κ2) is 5.82. The molecule has 5 nitrogen and oxygen atoms in total. The fourth-order valence-electron chi connectivity index (χ4n) is 2.14. The van der Waals surface area contributed by atoms with Crippen molar-refractivity contribution < 1.29 is 9.53 Å². The minimum atomic E-state index is -0.0707. The molecule has 1 aromatic rings. The summed E-state index contributed by atoms with van der Waals surface area (Å²) in [6, 6.07) is 1.65. The van der Waals surface area contributed by atoms with E-state index in [0.717, 1.165) is 19.4 Å². The second-order valence-corrected chi connectivity index (χ2v) is 4.44. The molecule has 1 aromatic heterocycles. The number of hydrogen-bond donors (Lipinski definition) is 1. The Bertz CT molecular complexity index is 416. The molecule has 1 saturated heterocycles. The Morgan fingerprint density at radius 1 is 1.67 bits per heavy atom. The van der Waals surface area contributed by atoms with Crippen molar-refractivity contribution in [3.05, 3.63) is 24.0 Å². The average Bonchev–Trinajstić information content (AvgIpc) is 2.88. The van der Waals surface area contributed by atoms with Crippen molar-refractivity contribution in [2.24, 2.45) is 0 Å². The van der Waals surface area contributed by atoms with Gasteiger partial charge in [-0.1, -0.05) is 0 Å². The largest absolute Gasteiger partial charge is 0.398 e. The number of nitrogens with zero attached hydrogens (tertiary/aromatic N) is 2. The van der Waals surface area contributed by atoms with Crippen LogP contribution in [-0.4, -0.2) is 41.6 Å². The molecule has 0 aliphatic carbocycles. The summed E-state index contributed by atoms with van der Waals surface area (Å²) in [4.78, 5) is 18.1. The smallest absolute Gasteiger partial charge is 0.257 e. The number of nitrogens with two attached hydrogens (primary N) is 1. The van der Waals surface area contributed by atoms with Gasteiger partial charge in [-0.15, -0.1) is 0 Å². The lowest BCUT2D eigenvalue weighted by atomic mass is 10.2. The topological polar surface area (TPSA) is 68.5 Å². The second-order valence-electron chi connectivity index (χ2n) is 4.44. The van der Waals surface area contributed by atoms with Crippen LogP contribution in [0.5, 0.6) is 0 Å². The number of pyridine rings is 1. The SMILES string of the molecule is CCN(CC1CCCO1)C(=O)c1cnccc1N. The first-order chi connectivity index (χ1) is 8.72. The summed E-state index contributed by atoms with van der Waals surface area (Å²) in [7, 11) is 0. The van der Waals surface area contributed by atoms with E-state index in [-0.39, 0.29) is 12.0 Å². The van der Waals surface area contributed by atoms with Gasteiger partial charge in [0.1, 0.15) is 0 Å². The van der Waals surface area contributed by atoms with Gasteiger partial charge in [0.15, 0.2) is 0 Å². The monoisotopic (exact) mass is 249 g/mol. The van der Waals surface area contributed by atoms with Crippen LogP contribution in [0, 0.1) is 0 Å². The van der Waals surface area contributed by atoms with Crippen LogP contribution < -0.4 is 5.73 Å². The fourth-order valence-corrected chi connectivity index (χ4v) is 2.14. The van der Waals surface area contributed by atoms with Gasteiger partial charge < -0.3 is 15.4 Å². The Balaban J connectivity index is 2.07. The summed E-state index contributed by atoms with van der Waals surface area (Å²) in [6.07, 6.45) is 5.36. The van der Waals surface area contributed by atoms with E-state index in [0.29, 0.717) is 24.3 Å². The maximum Gasteiger partial charge on any atom is 0.257 e. The number of aromatic nitrogens is 1. The average molecular weight is 249 g/mol. The third kappa shape index (κ3) is 2.79. The van der Waals surface area contributed by atoms with Crippen molar-refractivity contribution in [1.82, 2.24) is 9.88 Å². The number of carbonyl (C=O) groups excluding carboxylic acids is 1. The standard InChI is InChI=1S/C13H19N3O2/c1-2-16(9-10-4-3-7-18-10)13(17)11-8-15-6-5-12(11)14/h5-6,8,10H,2-4,7,9H2,1H3,(H2,14,15). The number of ether oxygens (including phenoxy) is 1. The number of hydrogen-bond acceptors (Lipinski definition) is 4. The first kappa shape index (κ1) is 12.8. The molecule has 2 rings (SSSR count). The predicted octanol–water partition coefficient (Wildman–Crippen LogP) is 1.30. The lowest BCUT2D eigenvalue weighted by Gasteiger charge is -2.24. The van der Waals surface area contributed by atoms with Gasteiger partial charge in [-0.3, -0.25) is 9.78 Å². The van der Waals surface area contributed by atoms with Gasteiger partial charge in [0, 0.05) is 37.8 Å². The Hall–Kier alpha value is -1.62. The molecule has 0 aromatic carbocycles. The van der Waals surface area contributed by atoms with Gasteiger partial charge in [0.05, 0.1) is 11.7 Å². The fraction of sp³-hybridized carbons (Fsp3) is 0.538. The maximum atomic E-state index is 12.3. The highest BCUT2D eigenvalue weighted by molar-refractivity contribution is 5.98. The zero-order valence-corrected chi connectivity index (χ0v) is 10.6. The first-order valence-electron chi connectivity index (χ1n) is 6.32. The molecule has 0 saturated carbocycles.